The van der Waals surface area contributed by atoms with Crippen molar-refractivity contribution in [2.75, 3.05) is 0 Å². The summed E-state index contributed by atoms with van der Waals surface area (Å²) in [5, 5.41) is 19.2. The Morgan fingerprint density at radius 3 is 1.54 bits per heavy atom. The zero-order chi connectivity index (χ0) is 17.4. The van der Waals surface area contributed by atoms with E-state index in [-0.39, 0.29) is 10.8 Å². The second-order valence-electron chi connectivity index (χ2n) is 7.97. The predicted molar refractivity (Wildman–Crippen MR) is 98.5 cm³/mol. The third-order valence-electron chi connectivity index (χ3n) is 6.36. The number of hydrogen-bond acceptors (Lipinski definition) is 2. The van der Waals surface area contributed by atoms with E-state index in [4.69, 9.17) is 0 Å². The largest absolute Gasteiger partial charge is 0.508 e. The van der Waals surface area contributed by atoms with Crippen LogP contribution in [0.25, 0.3) is 0 Å². The molecule has 2 aromatic carbocycles. The minimum absolute atomic E-state index is 0.170. The monoisotopic (exact) mass is 324 g/mol. The first-order valence-electron chi connectivity index (χ1n) is 8.95. The van der Waals surface area contributed by atoms with Crippen LogP contribution in [0, 0.1) is 5.92 Å². The molecule has 0 bridgehead atoms. The fourth-order valence-electron chi connectivity index (χ4n) is 4.39. The lowest BCUT2D eigenvalue weighted by atomic mass is 9.56. The maximum absolute atomic E-state index is 9.61. The smallest absolute Gasteiger partial charge is 0.115 e. The van der Waals surface area contributed by atoms with Crippen LogP contribution in [0.15, 0.2) is 48.5 Å². The number of benzene rings is 2. The minimum Gasteiger partial charge on any atom is -0.508 e. The molecule has 0 amide bonds. The summed E-state index contributed by atoms with van der Waals surface area (Å²) in [4.78, 5) is 0. The molecule has 2 heteroatoms. The van der Waals surface area contributed by atoms with Crippen LogP contribution in [0.5, 0.6) is 11.5 Å². The number of phenolic OH excluding ortho intramolecular Hbond substituents is 2. The third-order valence-corrected chi connectivity index (χ3v) is 6.36. The molecule has 24 heavy (non-hydrogen) atoms. The van der Waals surface area contributed by atoms with Crippen molar-refractivity contribution in [1.82, 2.24) is 0 Å². The van der Waals surface area contributed by atoms with Gasteiger partial charge in [0, 0.05) is 0 Å². The first kappa shape index (κ1) is 16.9. The van der Waals surface area contributed by atoms with Gasteiger partial charge in [-0.05, 0) is 77.8 Å². The molecule has 0 aromatic heterocycles. The Hall–Kier alpha value is -1.96. The van der Waals surface area contributed by atoms with E-state index in [0.29, 0.717) is 17.4 Å². The van der Waals surface area contributed by atoms with E-state index in [1.54, 1.807) is 12.1 Å². The minimum atomic E-state index is 0.170. The SMILES string of the molecule is CC(C)C1(c2ccc(O)cc2)CCC(C)(c2ccc(O)cc2)CC1. The van der Waals surface area contributed by atoms with E-state index in [9.17, 15) is 10.2 Å². The van der Waals surface area contributed by atoms with Gasteiger partial charge in [0.2, 0.25) is 0 Å². The standard InChI is InChI=1S/C22H28O2/c1-16(2)22(18-6-10-20(24)11-7-18)14-12-21(3,13-15-22)17-4-8-19(23)9-5-17/h4-11,16,23-24H,12-15H2,1-3H3. The van der Waals surface area contributed by atoms with Crippen LogP contribution in [0.2, 0.25) is 0 Å². The fraction of sp³-hybridized carbons (Fsp3) is 0.455. The maximum atomic E-state index is 9.61. The molecule has 2 nitrogen and oxygen atoms in total. The van der Waals surface area contributed by atoms with Crippen molar-refractivity contribution in [3.8, 4) is 11.5 Å². The average Bonchev–Trinajstić information content (AvgIpc) is 2.57. The number of rotatable bonds is 3. The van der Waals surface area contributed by atoms with Gasteiger partial charge in [0.1, 0.15) is 11.5 Å². The van der Waals surface area contributed by atoms with Gasteiger partial charge in [-0.3, -0.25) is 0 Å². The van der Waals surface area contributed by atoms with Crippen molar-refractivity contribution in [3.63, 3.8) is 0 Å². The van der Waals surface area contributed by atoms with Gasteiger partial charge < -0.3 is 10.2 Å². The molecule has 1 saturated carbocycles. The highest BCUT2D eigenvalue weighted by Crippen LogP contribution is 2.51. The van der Waals surface area contributed by atoms with Crippen LogP contribution in [-0.4, -0.2) is 10.2 Å². The Morgan fingerprint density at radius 2 is 1.12 bits per heavy atom. The first-order valence-corrected chi connectivity index (χ1v) is 8.95. The van der Waals surface area contributed by atoms with Crippen molar-refractivity contribution >= 4 is 0 Å². The quantitative estimate of drug-likeness (QED) is 0.780. The van der Waals surface area contributed by atoms with Crippen LogP contribution in [0.1, 0.15) is 57.6 Å². The molecule has 0 spiro atoms. The molecule has 0 radical (unpaired) electrons. The van der Waals surface area contributed by atoms with Crippen LogP contribution >= 0.6 is 0 Å². The topological polar surface area (TPSA) is 40.5 Å². The molecule has 0 atom stereocenters. The van der Waals surface area contributed by atoms with E-state index in [0.717, 1.165) is 25.7 Å². The molecule has 0 saturated heterocycles. The van der Waals surface area contributed by atoms with Crippen LogP contribution in [0.3, 0.4) is 0 Å². The summed E-state index contributed by atoms with van der Waals surface area (Å²) < 4.78 is 0. The summed E-state index contributed by atoms with van der Waals surface area (Å²) in [5.74, 6) is 1.23. The van der Waals surface area contributed by atoms with E-state index in [1.165, 1.54) is 11.1 Å². The molecule has 0 aliphatic heterocycles. The Labute approximate surface area is 145 Å². The van der Waals surface area contributed by atoms with Crippen LogP contribution in [0.4, 0.5) is 0 Å². The first-order chi connectivity index (χ1) is 11.4. The normalized spacial score (nSPS) is 27.3. The summed E-state index contributed by atoms with van der Waals surface area (Å²) in [6.07, 6.45) is 4.56. The molecular formula is C22H28O2. The summed E-state index contributed by atoms with van der Waals surface area (Å²) in [6.45, 7) is 6.98. The Bertz CT molecular complexity index is 675. The van der Waals surface area contributed by atoms with Gasteiger partial charge in [0.05, 0.1) is 0 Å². The Morgan fingerprint density at radius 1 is 0.708 bits per heavy atom. The molecule has 2 N–H and O–H groups in total. The predicted octanol–water partition coefficient (Wildman–Crippen LogP) is 5.52. The van der Waals surface area contributed by atoms with E-state index >= 15 is 0 Å². The fourth-order valence-corrected chi connectivity index (χ4v) is 4.39. The van der Waals surface area contributed by atoms with Gasteiger partial charge >= 0.3 is 0 Å². The van der Waals surface area contributed by atoms with Gasteiger partial charge in [0.15, 0.2) is 0 Å². The summed E-state index contributed by atoms with van der Waals surface area (Å²) in [5.41, 5.74) is 3.03. The van der Waals surface area contributed by atoms with Gasteiger partial charge in [0.25, 0.3) is 0 Å². The van der Waals surface area contributed by atoms with Crippen LogP contribution in [-0.2, 0) is 10.8 Å². The lowest BCUT2D eigenvalue weighted by Gasteiger charge is -2.48. The number of phenols is 2. The van der Waals surface area contributed by atoms with Gasteiger partial charge in [-0.15, -0.1) is 0 Å². The number of hydrogen-bond donors (Lipinski definition) is 2. The molecule has 3 rings (SSSR count). The summed E-state index contributed by atoms with van der Waals surface area (Å²) in [6, 6.07) is 15.5. The van der Waals surface area contributed by atoms with E-state index in [1.807, 2.05) is 12.1 Å². The molecule has 1 aliphatic carbocycles. The van der Waals surface area contributed by atoms with E-state index in [2.05, 4.69) is 45.0 Å². The molecule has 128 valence electrons. The summed E-state index contributed by atoms with van der Waals surface area (Å²) in [7, 11) is 0. The Kier molecular flexibility index (Phi) is 4.33. The van der Waals surface area contributed by atoms with Crippen molar-refractivity contribution < 1.29 is 10.2 Å². The van der Waals surface area contributed by atoms with Crippen molar-refractivity contribution in [2.24, 2.45) is 5.92 Å². The van der Waals surface area contributed by atoms with Crippen molar-refractivity contribution in [3.05, 3.63) is 59.7 Å². The van der Waals surface area contributed by atoms with Gasteiger partial charge in [-0.2, -0.15) is 0 Å². The van der Waals surface area contributed by atoms with Gasteiger partial charge in [-0.25, -0.2) is 0 Å². The zero-order valence-corrected chi connectivity index (χ0v) is 14.9. The second-order valence-corrected chi connectivity index (χ2v) is 7.97. The molecule has 1 fully saturated rings. The summed E-state index contributed by atoms with van der Waals surface area (Å²) >= 11 is 0. The highest BCUT2D eigenvalue weighted by atomic mass is 16.3. The molecule has 0 unspecified atom stereocenters. The van der Waals surface area contributed by atoms with Crippen molar-refractivity contribution in [1.29, 1.82) is 0 Å². The molecule has 2 aromatic rings. The zero-order valence-electron chi connectivity index (χ0n) is 14.9. The van der Waals surface area contributed by atoms with E-state index < -0.39 is 0 Å². The second kappa shape index (κ2) is 6.16. The van der Waals surface area contributed by atoms with Gasteiger partial charge in [-0.1, -0.05) is 45.0 Å². The average molecular weight is 324 g/mol. The lowest BCUT2D eigenvalue weighted by molar-refractivity contribution is 0.159. The molecule has 0 heterocycles. The third kappa shape index (κ3) is 2.90. The maximum Gasteiger partial charge on any atom is 0.115 e. The lowest BCUT2D eigenvalue weighted by Crippen LogP contribution is -2.41. The van der Waals surface area contributed by atoms with Crippen molar-refractivity contribution in [2.45, 2.75) is 57.3 Å². The molecule has 1 aliphatic rings. The highest BCUT2D eigenvalue weighted by molar-refractivity contribution is 5.36. The number of aromatic hydroxyl groups is 2. The molecular weight excluding hydrogens is 296 g/mol. The highest BCUT2D eigenvalue weighted by Gasteiger charge is 2.43. The Balaban J connectivity index is 1.87. The van der Waals surface area contributed by atoms with Crippen LogP contribution < -0.4 is 0 Å².